The highest BCUT2D eigenvalue weighted by molar-refractivity contribution is 6.30. The Balaban J connectivity index is 2.21. The van der Waals surface area contributed by atoms with Crippen LogP contribution in [0.4, 0.5) is 0 Å². The molecule has 3 nitrogen and oxygen atoms in total. The van der Waals surface area contributed by atoms with Gasteiger partial charge in [0.2, 0.25) is 0 Å². The van der Waals surface area contributed by atoms with Gasteiger partial charge in [-0.25, -0.2) is 0 Å². The lowest BCUT2D eigenvalue weighted by Crippen LogP contribution is -2.13. The molecule has 1 aromatic carbocycles. The molecule has 1 N–H and O–H groups in total. The van der Waals surface area contributed by atoms with E-state index in [2.05, 4.69) is 0 Å². The highest BCUT2D eigenvalue weighted by Gasteiger charge is 1.96. The van der Waals surface area contributed by atoms with Gasteiger partial charge in [-0.2, -0.15) is 0 Å². The van der Waals surface area contributed by atoms with E-state index in [9.17, 15) is 0 Å². The fraction of sp³-hybridized carbons (Fsp3) is 0.400. The lowest BCUT2D eigenvalue weighted by atomic mass is 10.3. The first kappa shape index (κ1) is 11.3. The number of halogens is 1. The number of aliphatic hydroxyl groups is 1. The standard InChI is InChI=1S/C10H13ClO3/c1-8(12)13-6-7-14-10-4-2-9(11)3-5-10/h2-5,8,12H,6-7H2,1H3. The van der Waals surface area contributed by atoms with Crippen molar-refractivity contribution in [3.05, 3.63) is 29.3 Å². The van der Waals surface area contributed by atoms with Gasteiger partial charge in [0.25, 0.3) is 0 Å². The number of ether oxygens (including phenoxy) is 2. The van der Waals surface area contributed by atoms with Crippen molar-refractivity contribution < 1.29 is 14.6 Å². The molecule has 4 heteroatoms. The van der Waals surface area contributed by atoms with Gasteiger partial charge >= 0.3 is 0 Å². The van der Waals surface area contributed by atoms with Gasteiger partial charge in [0.05, 0.1) is 6.61 Å². The Morgan fingerprint density at radius 1 is 1.29 bits per heavy atom. The van der Waals surface area contributed by atoms with E-state index in [1.165, 1.54) is 0 Å². The summed E-state index contributed by atoms with van der Waals surface area (Å²) in [5, 5.41) is 9.47. The van der Waals surface area contributed by atoms with E-state index in [1.807, 2.05) is 0 Å². The fourth-order valence-electron chi connectivity index (χ4n) is 0.909. The van der Waals surface area contributed by atoms with E-state index in [4.69, 9.17) is 26.2 Å². The van der Waals surface area contributed by atoms with Crippen molar-refractivity contribution in [3.63, 3.8) is 0 Å². The van der Waals surface area contributed by atoms with Crippen LogP contribution in [0.3, 0.4) is 0 Å². The summed E-state index contributed by atoms with van der Waals surface area (Å²) in [4.78, 5) is 0. The molecule has 0 radical (unpaired) electrons. The van der Waals surface area contributed by atoms with Crippen LogP contribution in [0.1, 0.15) is 6.92 Å². The molecule has 0 aliphatic rings. The molecule has 0 heterocycles. The first-order valence-electron chi connectivity index (χ1n) is 4.36. The quantitative estimate of drug-likeness (QED) is 0.605. The first-order valence-corrected chi connectivity index (χ1v) is 4.74. The van der Waals surface area contributed by atoms with Crippen LogP contribution in [0.15, 0.2) is 24.3 Å². The van der Waals surface area contributed by atoms with Crippen LogP contribution in [-0.2, 0) is 4.74 Å². The predicted molar refractivity (Wildman–Crippen MR) is 54.6 cm³/mol. The lowest BCUT2D eigenvalue weighted by Gasteiger charge is -2.08. The third-order valence-electron chi connectivity index (χ3n) is 1.52. The van der Waals surface area contributed by atoms with Crippen molar-refractivity contribution in [2.75, 3.05) is 13.2 Å². The summed E-state index contributed by atoms with van der Waals surface area (Å²) >= 11 is 5.70. The Bertz CT molecular complexity index is 259. The van der Waals surface area contributed by atoms with Crippen molar-refractivity contribution >= 4 is 11.6 Å². The number of hydrogen-bond donors (Lipinski definition) is 1. The van der Waals surface area contributed by atoms with Crippen LogP contribution in [-0.4, -0.2) is 24.6 Å². The van der Waals surface area contributed by atoms with Crippen LogP contribution in [0.5, 0.6) is 5.75 Å². The monoisotopic (exact) mass is 216 g/mol. The molecule has 1 rings (SSSR count). The molecule has 0 amide bonds. The van der Waals surface area contributed by atoms with E-state index in [1.54, 1.807) is 31.2 Å². The molecule has 0 spiro atoms. The highest BCUT2D eigenvalue weighted by atomic mass is 35.5. The maximum atomic E-state index is 8.79. The minimum Gasteiger partial charge on any atom is -0.491 e. The molecule has 0 saturated carbocycles. The summed E-state index contributed by atoms with van der Waals surface area (Å²) in [7, 11) is 0. The number of benzene rings is 1. The van der Waals surface area contributed by atoms with Crippen molar-refractivity contribution in [3.8, 4) is 5.75 Å². The van der Waals surface area contributed by atoms with E-state index in [-0.39, 0.29) is 0 Å². The van der Waals surface area contributed by atoms with Crippen molar-refractivity contribution in [1.82, 2.24) is 0 Å². The summed E-state index contributed by atoms with van der Waals surface area (Å²) in [6.07, 6.45) is -0.746. The maximum Gasteiger partial charge on any atom is 0.151 e. The van der Waals surface area contributed by atoms with E-state index < -0.39 is 6.29 Å². The molecule has 0 aromatic heterocycles. The molecule has 78 valence electrons. The number of aliphatic hydroxyl groups excluding tert-OH is 1. The predicted octanol–water partition coefficient (Wildman–Crippen LogP) is 2.07. The number of hydrogen-bond acceptors (Lipinski definition) is 3. The van der Waals surface area contributed by atoms with E-state index in [0.29, 0.717) is 18.2 Å². The van der Waals surface area contributed by atoms with Gasteiger partial charge in [-0.1, -0.05) is 11.6 Å². The molecule has 0 fully saturated rings. The number of rotatable bonds is 5. The van der Waals surface area contributed by atoms with Gasteiger partial charge in [-0.05, 0) is 31.2 Å². The summed E-state index contributed by atoms with van der Waals surface area (Å²) in [6, 6.07) is 7.08. The van der Waals surface area contributed by atoms with Gasteiger partial charge in [-0.3, -0.25) is 0 Å². The Labute approximate surface area is 88.2 Å². The minimum atomic E-state index is -0.746. The smallest absolute Gasteiger partial charge is 0.151 e. The highest BCUT2D eigenvalue weighted by Crippen LogP contribution is 2.15. The first-order chi connectivity index (χ1) is 6.68. The second-order valence-electron chi connectivity index (χ2n) is 2.77. The zero-order valence-electron chi connectivity index (χ0n) is 7.94. The van der Waals surface area contributed by atoms with Gasteiger partial charge in [0, 0.05) is 5.02 Å². The normalized spacial score (nSPS) is 12.5. The summed E-state index contributed by atoms with van der Waals surface area (Å²) in [6.45, 7) is 2.33. The largest absolute Gasteiger partial charge is 0.491 e. The SMILES string of the molecule is CC(O)OCCOc1ccc(Cl)cc1. The molecule has 0 bridgehead atoms. The fourth-order valence-corrected chi connectivity index (χ4v) is 1.03. The van der Waals surface area contributed by atoms with Gasteiger partial charge < -0.3 is 14.6 Å². The minimum absolute atomic E-state index is 0.361. The molecule has 0 aliphatic heterocycles. The Kier molecular flexibility index (Phi) is 4.73. The third-order valence-corrected chi connectivity index (χ3v) is 1.78. The van der Waals surface area contributed by atoms with Crippen LogP contribution in [0, 0.1) is 0 Å². The maximum absolute atomic E-state index is 8.79. The zero-order chi connectivity index (χ0) is 10.4. The molecular weight excluding hydrogens is 204 g/mol. The topological polar surface area (TPSA) is 38.7 Å². The molecule has 14 heavy (non-hydrogen) atoms. The zero-order valence-corrected chi connectivity index (χ0v) is 8.70. The van der Waals surface area contributed by atoms with Crippen LogP contribution in [0.25, 0.3) is 0 Å². The lowest BCUT2D eigenvalue weighted by molar-refractivity contribution is -0.0913. The van der Waals surface area contributed by atoms with Crippen molar-refractivity contribution in [1.29, 1.82) is 0 Å². The molecule has 1 aromatic rings. The molecular formula is C10H13ClO3. The summed E-state index contributed by atoms with van der Waals surface area (Å²) in [5.74, 6) is 0.739. The van der Waals surface area contributed by atoms with Gasteiger partial charge in [0.15, 0.2) is 6.29 Å². The van der Waals surface area contributed by atoms with Gasteiger partial charge in [0.1, 0.15) is 12.4 Å². The van der Waals surface area contributed by atoms with E-state index in [0.717, 1.165) is 5.75 Å². The third kappa shape index (κ3) is 4.46. The molecule has 1 atom stereocenters. The molecule has 0 aliphatic carbocycles. The average molecular weight is 217 g/mol. The Hall–Kier alpha value is -0.770. The molecule has 0 saturated heterocycles. The van der Waals surface area contributed by atoms with Crippen LogP contribution < -0.4 is 4.74 Å². The van der Waals surface area contributed by atoms with Crippen molar-refractivity contribution in [2.24, 2.45) is 0 Å². The van der Waals surface area contributed by atoms with Crippen molar-refractivity contribution in [2.45, 2.75) is 13.2 Å². The van der Waals surface area contributed by atoms with E-state index >= 15 is 0 Å². The van der Waals surface area contributed by atoms with Crippen LogP contribution in [0.2, 0.25) is 5.02 Å². The Morgan fingerprint density at radius 2 is 1.93 bits per heavy atom. The molecule has 1 unspecified atom stereocenters. The summed E-state index contributed by atoms with van der Waals surface area (Å²) in [5.41, 5.74) is 0. The Morgan fingerprint density at radius 3 is 2.50 bits per heavy atom. The second-order valence-corrected chi connectivity index (χ2v) is 3.21. The summed E-state index contributed by atoms with van der Waals surface area (Å²) < 4.78 is 10.2. The van der Waals surface area contributed by atoms with Crippen LogP contribution >= 0.6 is 11.6 Å². The average Bonchev–Trinajstić information content (AvgIpc) is 2.15. The second kappa shape index (κ2) is 5.86. The van der Waals surface area contributed by atoms with Gasteiger partial charge in [-0.15, -0.1) is 0 Å².